The standard InChI is InChI=1S/C23H25F7N2O3S/c1-36(33,34)32-13-19(14-32)35-11-3-10-31(15-22(26,27)17-6-8-18(24)9-7-17)12-16-4-2-5-20(21(16)25)23(28,29)30/h2,4-9,19H,3,10-15H2,1H3. The number of alkyl halides is 5. The summed E-state index contributed by atoms with van der Waals surface area (Å²) in [5.74, 6) is -5.75. The molecule has 1 aliphatic heterocycles. The molecule has 1 fully saturated rings. The van der Waals surface area contributed by atoms with Crippen LogP contribution in [-0.2, 0) is 33.4 Å². The van der Waals surface area contributed by atoms with Crippen LogP contribution in [0.4, 0.5) is 30.7 Å². The molecule has 1 aliphatic rings. The van der Waals surface area contributed by atoms with Gasteiger partial charge in [0.1, 0.15) is 11.6 Å². The minimum Gasteiger partial charge on any atom is -0.375 e. The first-order chi connectivity index (χ1) is 16.7. The van der Waals surface area contributed by atoms with Crippen LogP contribution in [0, 0.1) is 11.6 Å². The van der Waals surface area contributed by atoms with E-state index in [0.717, 1.165) is 47.6 Å². The highest BCUT2D eigenvalue weighted by molar-refractivity contribution is 7.88. The Bertz CT molecular complexity index is 1140. The van der Waals surface area contributed by atoms with Gasteiger partial charge in [-0.05, 0) is 24.6 Å². The van der Waals surface area contributed by atoms with Crippen LogP contribution in [0.3, 0.4) is 0 Å². The van der Waals surface area contributed by atoms with E-state index in [9.17, 15) is 39.2 Å². The van der Waals surface area contributed by atoms with Crippen molar-refractivity contribution in [1.82, 2.24) is 9.21 Å². The summed E-state index contributed by atoms with van der Waals surface area (Å²) in [6, 6.07) is 6.22. The first-order valence-electron chi connectivity index (χ1n) is 10.9. The number of nitrogens with zero attached hydrogens (tertiary/aromatic N) is 2. The monoisotopic (exact) mass is 542 g/mol. The van der Waals surface area contributed by atoms with Crippen molar-refractivity contribution in [3.05, 3.63) is 70.8 Å². The van der Waals surface area contributed by atoms with Crippen molar-refractivity contribution in [3.8, 4) is 0 Å². The molecule has 2 aromatic rings. The van der Waals surface area contributed by atoms with Crippen molar-refractivity contribution < 1.29 is 43.9 Å². The van der Waals surface area contributed by atoms with Gasteiger partial charge in [0, 0.05) is 43.9 Å². The van der Waals surface area contributed by atoms with Gasteiger partial charge in [-0.25, -0.2) is 17.2 Å². The number of sulfonamides is 1. The summed E-state index contributed by atoms with van der Waals surface area (Å²) < 4.78 is 126. The normalized spacial score (nSPS) is 15.9. The van der Waals surface area contributed by atoms with Crippen LogP contribution >= 0.6 is 0 Å². The molecule has 5 nitrogen and oxygen atoms in total. The highest BCUT2D eigenvalue weighted by Gasteiger charge is 2.37. The number of rotatable bonds is 11. The molecule has 1 saturated heterocycles. The van der Waals surface area contributed by atoms with Crippen molar-refractivity contribution >= 4 is 10.0 Å². The molecule has 1 heterocycles. The zero-order chi connectivity index (χ0) is 26.7. The van der Waals surface area contributed by atoms with Crippen molar-refractivity contribution in [2.45, 2.75) is 31.2 Å². The van der Waals surface area contributed by atoms with Gasteiger partial charge in [-0.2, -0.15) is 26.3 Å². The fourth-order valence-corrected chi connectivity index (χ4v) is 4.63. The fraction of sp³-hybridized carbons (Fsp3) is 0.478. The van der Waals surface area contributed by atoms with Crippen molar-refractivity contribution in [3.63, 3.8) is 0 Å². The lowest BCUT2D eigenvalue weighted by Gasteiger charge is -2.37. The van der Waals surface area contributed by atoms with Gasteiger partial charge >= 0.3 is 6.18 Å². The van der Waals surface area contributed by atoms with Gasteiger partial charge in [-0.1, -0.05) is 24.3 Å². The Balaban J connectivity index is 1.69. The first kappa shape index (κ1) is 28.4. The highest BCUT2D eigenvalue weighted by Crippen LogP contribution is 2.34. The Kier molecular flexibility index (Phi) is 8.69. The maximum absolute atomic E-state index is 14.9. The lowest BCUT2D eigenvalue weighted by atomic mass is 10.1. The van der Waals surface area contributed by atoms with Crippen molar-refractivity contribution in [1.29, 1.82) is 0 Å². The molecule has 2 aromatic carbocycles. The molecule has 0 aliphatic carbocycles. The topological polar surface area (TPSA) is 49.9 Å². The third-order valence-corrected chi connectivity index (χ3v) is 6.96. The quantitative estimate of drug-likeness (QED) is 0.307. The number of hydrogen-bond acceptors (Lipinski definition) is 4. The van der Waals surface area contributed by atoms with E-state index >= 15 is 0 Å². The molecule has 0 bridgehead atoms. The van der Waals surface area contributed by atoms with E-state index in [1.807, 2.05) is 0 Å². The van der Waals surface area contributed by atoms with Crippen LogP contribution in [0.2, 0.25) is 0 Å². The average molecular weight is 543 g/mol. The van der Waals surface area contributed by atoms with E-state index in [1.165, 1.54) is 4.31 Å². The smallest absolute Gasteiger partial charge is 0.375 e. The fourth-order valence-electron chi connectivity index (χ4n) is 3.76. The maximum Gasteiger partial charge on any atom is 0.419 e. The molecule has 0 atom stereocenters. The van der Waals surface area contributed by atoms with Crippen molar-refractivity contribution in [2.75, 3.05) is 39.0 Å². The van der Waals surface area contributed by atoms with Gasteiger partial charge in [-0.15, -0.1) is 0 Å². The Morgan fingerprint density at radius 3 is 2.25 bits per heavy atom. The molecule has 0 amide bonds. The van der Waals surface area contributed by atoms with Gasteiger partial charge in [0.25, 0.3) is 5.92 Å². The lowest BCUT2D eigenvalue weighted by molar-refractivity contribution is -0.140. The summed E-state index contributed by atoms with van der Waals surface area (Å²) in [5, 5.41) is 0. The summed E-state index contributed by atoms with van der Waals surface area (Å²) in [6.07, 6.45) is -4.06. The molecule has 200 valence electrons. The molecule has 0 unspecified atom stereocenters. The Morgan fingerprint density at radius 1 is 1.03 bits per heavy atom. The third kappa shape index (κ3) is 7.40. The van der Waals surface area contributed by atoms with Crippen LogP contribution in [0.25, 0.3) is 0 Å². The Hall–Kier alpha value is -2.22. The largest absolute Gasteiger partial charge is 0.419 e. The minimum atomic E-state index is -4.95. The Morgan fingerprint density at radius 2 is 1.67 bits per heavy atom. The second-order valence-electron chi connectivity index (χ2n) is 8.62. The molecule has 36 heavy (non-hydrogen) atoms. The molecule has 0 saturated carbocycles. The summed E-state index contributed by atoms with van der Waals surface area (Å²) in [7, 11) is -3.32. The molecular formula is C23H25F7N2O3S. The maximum atomic E-state index is 14.9. The highest BCUT2D eigenvalue weighted by atomic mass is 32.2. The predicted molar refractivity (Wildman–Crippen MR) is 118 cm³/mol. The van der Waals surface area contributed by atoms with Crippen LogP contribution in [0.15, 0.2) is 42.5 Å². The van der Waals surface area contributed by atoms with E-state index in [4.69, 9.17) is 4.74 Å². The second-order valence-corrected chi connectivity index (χ2v) is 10.6. The molecular weight excluding hydrogens is 517 g/mol. The average Bonchev–Trinajstić information content (AvgIpc) is 2.71. The molecule has 0 aromatic heterocycles. The van der Waals surface area contributed by atoms with E-state index in [-0.39, 0.29) is 38.8 Å². The van der Waals surface area contributed by atoms with E-state index in [0.29, 0.717) is 6.07 Å². The number of ether oxygens (including phenoxy) is 1. The molecule has 0 radical (unpaired) electrons. The van der Waals surface area contributed by atoms with Crippen LogP contribution in [0.5, 0.6) is 0 Å². The van der Waals surface area contributed by atoms with Crippen molar-refractivity contribution in [2.24, 2.45) is 0 Å². The summed E-state index contributed by atoms with van der Waals surface area (Å²) in [5.41, 5.74) is -2.39. The van der Waals surface area contributed by atoms with Gasteiger partial charge in [0.2, 0.25) is 10.0 Å². The first-order valence-corrected chi connectivity index (χ1v) is 12.8. The number of benzene rings is 2. The third-order valence-electron chi connectivity index (χ3n) is 5.72. The van der Waals surface area contributed by atoms with Gasteiger partial charge in [0.05, 0.1) is 24.5 Å². The molecule has 0 N–H and O–H groups in total. The van der Waals surface area contributed by atoms with Crippen LogP contribution in [0.1, 0.15) is 23.1 Å². The summed E-state index contributed by atoms with van der Waals surface area (Å²) >= 11 is 0. The second kappa shape index (κ2) is 11.0. The minimum absolute atomic E-state index is 0.0744. The van der Waals surface area contributed by atoms with Crippen LogP contribution < -0.4 is 0 Å². The number of halogens is 7. The van der Waals surface area contributed by atoms with Gasteiger partial charge in [-0.3, -0.25) is 4.90 Å². The van der Waals surface area contributed by atoms with E-state index in [2.05, 4.69) is 0 Å². The molecule has 0 spiro atoms. The number of hydrogen-bond donors (Lipinski definition) is 0. The van der Waals surface area contributed by atoms with Gasteiger partial charge < -0.3 is 4.74 Å². The zero-order valence-electron chi connectivity index (χ0n) is 19.2. The van der Waals surface area contributed by atoms with Crippen LogP contribution in [-0.4, -0.2) is 62.8 Å². The Labute approximate surface area is 204 Å². The SMILES string of the molecule is CS(=O)(=O)N1CC(OCCCN(Cc2cccc(C(F)(F)F)c2F)CC(F)(F)c2ccc(F)cc2)C1. The molecule has 13 heteroatoms. The van der Waals surface area contributed by atoms with E-state index < -0.39 is 63.5 Å². The summed E-state index contributed by atoms with van der Waals surface area (Å²) in [4.78, 5) is 1.11. The summed E-state index contributed by atoms with van der Waals surface area (Å²) in [6.45, 7) is -1.15. The van der Waals surface area contributed by atoms with Gasteiger partial charge in [0.15, 0.2) is 0 Å². The zero-order valence-corrected chi connectivity index (χ0v) is 20.1. The molecule has 3 rings (SSSR count). The van der Waals surface area contributed by atoms with E-state index in [1.54, 1.807) is 0 Å². The lowest BCUT2D eigenvalue weighted by Crippen LogP contribution is -2.54. The predicted octanol–water partition coefficient (Wildman–Crippen LogP) is 4.63.